The van der Waals surface area contributed by atoms with Crippen LogP contribution < -0.4 is 20.3 Å². The molecule has 0 spiro atoms. The number of urea groups is 1. The molecule has 2 heterocycles. The van der Waals surface area contributed by atoms with Crippen LogP contribution in [0.2, 0.25) is 0 Å². The van der Waals surface area contributed by atoms with E-state index in [-0.39, 0.29) is 49.8 Å². The van der Waals surface area contributed by atoms with Crippen LogP contribution in [0.3, 0.4) is 0 Å². The molecule has 2 N–H and O–H groups in total. The Morgan fingerprint density at radius 1 is 0.868 bits per heavy atom. The lowest BCUT2D eigenvalue weighted by Gasteiger charge is -2.34. The summed E-state index contributed by atoms with van der Waals surface area (Å²) in [7, 11) is 0. The molecule has 202 valence electrons. The Morgan fingerprint density at radius 2 is 1.55 bits per heavy atom. The molecule has 1 aliphatic heterocycles. The zero-order valence-corrected chi connectivity index (χ0v) is 19.6. The van der Waals surface area contributed by atoms with Crippen molar-refractivity contribution in [3.05, 3.63) is 60.2 Å². The Hall–Kier alpha value is -4.30. The van der Waals surface area contributed by atoms with Gasteiger partial charge in [0, 0.05) is 37.6 Å². The minimum Gasteiger partial charge on any atom is -0.454 e. The number of halogens is 6. The van der Waals surface area contributed by atoms with Crippen molar-refractivity contribution in [2.45, 2.75) is 12.4 Å². The van der Waals surface area contributed by atoms with Crippen molar-refractivity contribution in [3.8, 4) is 6.01 Å². The van der Waals surface area contributed by atoms with Gasteiger partial charge in [0.05, 0.1) is 5.56 Å². The number of ether oxygens (including phenoxy) is 1. The number of alkyl halides is 6. The second-order valence-electron chi connectivity index (χ2n) is 8.12. The third kappa shape index (κ3) is 7.36. The SMILES string of the molecule is O=C(Nc1ccccc1)N1CCN(c2nc(Nc3cccc(C(F)(F)F)c3)nc(OCC(F)(F)F)n2)CC1. The molecule has 2 amide bonds. The summed E-state index contributed by atoms with van der Waals surface area (Å²) < 4.78 is 82.0. The molecule has 0 aliphatic carbocycles. The van der Waals surface area contributed by atoms with Gasteiger partial charge in [0.1, 0.15) is 0 Å². The van der Waals surface area contributed by atoms with Gasteiger partial charge in [-0.15, -0.1) is 0 Å². The average molecular weight is 541 g/mol. The summed E-state index contributed by atoms with van der Waals surface area (Å²) >= 11 is 0. The van der Waals surface area contributed by atoms with Gasteiger partial charge in [-0.1, -0.05) is 24.3 Å². The summed E-state index contributed by atoms with van der Waals surface area (Å²) in [6, 6.07) is 12.0. The third-order valence-corrected chi connectivity index (χ3v) is 5.29. The number of piperazine rings is 1. The fraction of sp³-hybridized carbons (Fsp3) is 0.304. The third-order valence-electron chi connectivity index (χ3n) is 5.29. The number of para-hydroxylation sites is 1. The Bertz CT molecular complexity index is 1250. The van der Waals surface area contributed by atoms with Gasteiger partial charge in [-0.3, -0.25) is 0 Å². The van der Waals surface area contributed by atoms with Crippen LogP contribution in [-0.4, -0.2) is 64.8 Å². The van der Waals surface area contributed by atoms with Crippen LogP contribution in [0.25, 0.3) is 0 Å². The van der Waals surface area contributed by atoms with Crippen LogP contribution in [0.1, 0.15) is 5.56 Å². The quantitative estimate of drug-likeness (QED) is 0.428. The Labute approximate surface area is 212 Å². The maximum absolute atomic E-state index is 13.1. The molecule has 2 aromatic carbocycles. The Balaban J connectivity index is 1.50. The maximum atomic E-state index is 13.1. The minimum absolute atomic E-state index is 0.0406. The number of nitrogens with one attached hydrogen (secondary N) is 2. The predicted molar refractivity (Wildman–Crippen MR) is 125 cm³/mol. The van der Waals surface area contributed by atoms with Gasteiger partial charge in [0.15, 0.2) is 6.61 Å². The summed E-state index contributed by atoms with van der Waals surface area (Å²) in [6.45, 7) is -0.715. The molecule has 0 radical (unpaired) electrons. The number of hydrogen-bond acceptors (Lipinski definition) is 7. The topological polar surface area (TPSA) is 95.5 Å². The van der Waals surface area contributed by atoms with Crippen LogP contribution in [0, 0.1) is 0 Å². The first-order valence-corrected chi connectivity index (χ1v) is 11.2. The number of carbonyl (C=O) groups is 1. The van der Waals surface area contributed by atoms with E-state index in [0.29, 0.717) is 5.69 Å². The number of carbonyl (C=O) groups excluding carboxylic acids is 1. The predicted octanol–water partition coefficient (Wildman–Crippen LogP) is 4.93. The van der Waals surface area contributed by atoms with Crippen LogP contribution in [-0.2, 0) is 6.18 Å². The van der Waals surface area contributed by atoms with Crippen LogP contribution >= 0.6 is 0 Å². The lowest BCUT2D eigenvalue weighted by Crippen LogP contribution is -2.50. The van der Waals surface area contributed by atoms with E-state index in [9.17, 15) is 31.1 Å². The van der Waals surface area contributed by atoms with E-state index in [1.807, 2.05) is 6.07 Å². The number of amides is 2. The number of hydrogen-bond donors (Lipinski definition) is 2. The summed E-state index contributed by atoms with van der Waals surface area (Å²) in [6.07, 6.45) is -9.27. The van der Waals surface area contributed by atoms with E-state index < -0.39 is 30.5 Å². The van der Waals surface area contributed by atoms with Crippen LogP contribution in [0.15, 0.2) is 54.6 Å². The standard InChI is InChI=1S/C23H21F6N7O2/c24-22(25,26)14-38-20-33-18(30-17-8-4-5-15(13-17)23(27,28)29)32-19(34-20)35-9-11-36(12-10-35)21(37)31-16-6-2-1-3-7-16/h1-8,13H,9-12,14H2,(H,31,37)(H,30,32,33,34). The van der Waals surface area contributed by atoms with Crippen molar-refractivity contribution in [3.63, 3.8) is 0 Å². The van der Waals surface area contributed by atoms with Crippen molar-refractivity contribution in [1.82, 2.24) is 19.9 Å². The van der Waals surface area contributed by atoms with Gasteiger partial charge in [0.2, 0.25) is 11.9 Å². The molecule has 1 aliphatic rings. The second kappa shape index (κ2) is 11.0. The van der Waals surface area contributed by atoms with Gasteiger partial charge < -0.3 is 25.2 Å². The molecule has 0 saturated carbocycles. The Morgan fingerprint density at radius 3 is 2.21 bits per heavy atom. The Kier molecular flexibility index (Phi) is 7.73. The molecule has 0 bridgehead atoms. The van der Waals surface area contributed by atoms with Gasteiger partial charge in [-0.05, 0) is 30.3 Å². The van der Waals surface area contributed by atoms with E-state index in [2.05, 4.69) is 30.3 Å². The molecule has 1 saturated heterocycles. The van der Waals surface area contributed by atoms with E-state index >= 15 is 0 Å². The highest BCUT2D eigenvalue weighted by atomic mass is 19.4. The van der Waals surface area contributed by atoms with E-state index in [0.717, 1.165) is 18.2 Å². The molecule has 1 aromatic heterocycles. The minimum atomic E-state index is -4.67. The summed E-state index contributed by atoms with van der Waals surface area (Å²) in [5.41, 5.74) is -0.356. The zero-order chi connectivity index (χ0) is 27.3. The van der Waals surface area contributed by atoms with Crippen molar-refractivity contribution < 1.29 is 35.9 Å². The summed E-state index contributed by atoms with van der Waals surface area (Å²) in [5.74, 6) is -0.370. The van der Waals surface area contributed by atoms with Crippen molar-refractivity contribution in [2.24, 2.45) is 0 Å². The molecule has 15 heteroatoms. The first-order valence-electron chi connectivity index (χ1n) is 11.2. The van der Waals surface area contributed by atoms with Gasteiger partial charge in [-0.25, -0.2) is 4.79 Å². The number of nitrogens with zero attached hydrogens (tertiary/aromatic N) is 5. The molecule has 4 rings (SSSR count). The molecular formula is C23H21F6N7O2. The number of aromatic nitrogens is 3. The van der Waals surface area contributed by atoms with Crippen LogP contribution in [0.4, 0.5) is 54.4 Å². The number of benzene rings is 2. The van der Waals surface area contributed by atoms with Gasteiger partial charge in [-0.2, -0.15) is 41.3 Å². The average Bonchev–Trinajstić information content (AvgIpc) is 2.87. The molecule has 3 aromatic rings. The smallest absolute Gasteiger partial charge is 0.422 e. The molecule has 1 fully saturated rings. The lowest BCUT2D eigenvalue weighted by atomic mass is 10.2. The van der Waals surface area contributed by atoms with Crippen LogP contribution in [0.5, 0.6) is 6.01 Å². The van der Waals surface area contributed by atoms with E-state index in [4.69, 9.17) is 0 Å². The monoisotopic (exact) mass is 541 g/mol. The molecule has 0 unspecified atom stereocenters. The normalized spacial score (nSPS) is 14.3. The van der Waals surface area contributed by atoms with Crippen molar-refractivity contribution in [1.29, 1.82) is 0 Å². The first kappa shape index (κ1) is 26.8. The van der Waals surface area contributed by atoms with Gasteiger partial charge in [0.25, 0.3) is 0 Å². The fourth-order valence-electron chi connectivity index (χ4n) is 3.49. The largest absolute Gasteiger partial charge is 0.454 e. The number of anilines is 4. The molecule has 0 atom stereocenters. The highest BCUT2D eigenvalue weighted by Crippen LogP contribution is 2.31. The summed E-state index contributed by atoms with van der Waals surface area (Å²) in [4.78, 5) is 27.6. The number of rotatable bonds is 6. The maximum Gasteiger partial charge on any atom is 0.422 e. The zero-order valence-electron chi connectivity index (χ0n) is 19.6. The first-order chi connectivity index (χ1) is 18.0. The van der Waals surface area contributed by atoms with Crippen molar-refractivity contribution in [2.75, 3.05) is 48.3 Å². The van der Waals surface area contributed by atoms with Gasteiger partial charge >= 0.3 is 24.4 Å². The van der Waals surface area contributed by atoms with E-state index in [1.54, 1.807) is 34.1 Å². The highest BCUT2D eigenvalue weighted by Gasteiger charge is 2.31. The lowest BCUT2D eigenvalue weighted by molar-refractivity contribution is -0.154. The molecule has 9 nitrogen and oxygen atoms in total. The highest BCUT2D eigenvalue weighted by molar-refractivity contribution is 5.89. The summed E-state index contributed by atoms with van der Waals surface area (Å²) in [5, 5.41) is 5.33. The molecule has 38 heavy (non-hydrogen) atoms. The van der Waals surface area contributed by atoms with Crippen molar-refractivity contribution >= 4 is 29.3 Å². The van der Waals surface area contributed by atoms with E-state index in [1.165, 1.54) is 6.07 Å². The fourth-order valence-corrected chi connectivity index (χ4v) is 3.49. The molecular weight excluding hydrogens is 520 g/mol. The second-order valence-corrected chi connectivity index (χ2v) is 8.12.